The molecule has 0 aromatic carbocycles. The third-order valence-corrected chi connectivity index (χ3v) is 6.14. The molecular weight excluding hydrogens is 258 g/mol. The maximum absolute atomic E-state index is 12.3. The summed E-state index contributed by atoms with van der Waals surface area (Å²) in [5.41, 5.74) is 0. The number of hydrogen-bond acceptors (Lipinski definition) is 4. The topological polar surface area (TPSA) is 66.1 Å². The molecule has 1 fully saturated rings. The summed E-state index contributed by atoms with van der Waals surface area (Å²) in [6.45, 7) is 5.46. The van der Waals surface area contributed by atoms with Crippen molar-refractivity contribution < 1.29 is 8.42 Å². The van der Waals surface area contributed by atoms with Gasteiger partial charge in [0.1, 0.15) is 4.90 Å². The molecule has 2 rings (SSSR count). The van der Waals surface area contributed by atoms with E-state index >= 15 is 0 Å². The minimum Gasteiger partial charge on any atom is -0.284 e. The van der Waals surface area contributed by atoms with Crippen LogP contribution in [0.4, 0.5) is 0 Å². The average molecular weight is 275 g/mol. The summed E-state index contributed by atoms with van der Waals surface area (Å²) in [4.78, 5) is 0.252. The van der Waals surface area contributed by atoms with Gasteiger partial charge in [0.2, 0.25) is 10.0 Å². The molecule has 96 valence electrons. The van der Waals surface area contributed by atoms with Crippen molar-refractivity contribution >= 4 is 21.8 Å². The molecule has 0 spiro atoms. The highest BCUT2D eigenvalue weighted by molar-refractivity contribution is 8.00. The van der Waals surface area contributed by atoms with Crippen LogP contribution >= 0.6 is 11.8 Å². The number of rotatable bonds is 2. The van der Waals surface area contributed by atoms with Crippen LogP contribution in [0.5, 0.6) is 0 Å². The lowest BCUT2D eigenvalue weighted by Gasteiger charge is -2.21. The molecule has 0 unspecified atom stereocenters. The van der Waals surface area contributed by atoms with Crippen LogP contribution in [-0.4, -0.2) is 46.5 Å². The first kappa shape index (κ1) is 12.9. The maximum Gasteiger partial charge on any atom is 0.246 e. The molecule has 0 atom stereocenters. The minimum atomic E-state index is -3.37. The van der Waals surface area contributed by atoms with Gasteiger partial charge in [-0.25, -0.2) is 8.42 Å². The number of nitrogens with one attached hydrogen (secondary N) is 1. The number of thioether (sulfide) groups is 1. The highest BCUT2D eigenvalue weighted by atomic mass is 32.2. The lowest BCUT2D eigenvalue weighted by Crippen LogP contribution is -2.33. The van der Waals surface area contributed by atoms with Gasteiger partial charge in [-0.05, 0) is 6.42 Å². The van der Waals surface area contributed by atoms with Crippen LogP contribution in [0.1, 0.15) is 20.3 Å². The van der Waals surface area contributed by atoms with Crippen LogP contribution in [0.15, 0.2) is 17.3 Å². The highest BCUT2D eigenvalue weighted by Gasteiger charge is 2.31. The molecular formula is C10H17N3O2S2. The van der Waals surface area contributed by atoms with Crippen LogP contribution in [-0.2, 0) is 10.0 Å². The lowest BCUT2D eigenvalue weighted by molar-refractivity contribution is 0.415. The molecule has 2 heterocycles. The Bertz CT molecular complexity index is 468. The normalized spacial score (nSPS) is 22.2. The van der Waals surface area contributed by atoms with Gasteiger partial charge in [0.15, 0.2) is 0 Å². The predicted octanol–water partition coefficient (Wildman–Crippen LogP) is 1.32. The fourth-order valence-electron chi connectivity index (χ4n) is 1.77. The first-order valence-corrected chi connectivity index (χ1v) is 7.97. The highest BCUT2D eigenvalue weighted by Crippen LogP contribution is 2.32. The molecule has 1 aliphatic heterocycles. The van der Waals surface area contributed by atoms with Crippen molar-refractivity contribution in [1.29, 1.82) is 0 Å². The van der Waals surface area contributed by atoms with Crippen molar-refractivity contribution in [3.8, 4) is 0 Å². The number of hydrogen-bond donors (Lipinski definition) is 1. The Hall–Kier alpha value is -0.530. The van der Waals surface area contributed by atoms with E-state index in [2.05, 4.69) is 24.0 Å². The maximum atomic E-state index is 12.3. The van der Waals surface area contributed by atoms with Gasteiger partial charge in [0.05, 0.1) is 6.20 Å². The molecule has 1 N–H and O–H groups in total. The van der Waals surface area contributed by atoms with Gasteiger partial charge in [-0.15, -0.1) is 0 Å². The van der Waals surface area contributed by atoms with Crippen LogP contribution < -0.4 is 0 Å². The second-order valence-corrected chi connectivity index (χ2v) is 8.44. The SMILES string of the molecule is CC1(C)CCN(S(=O)(=O)c2cn[nH]c2)CCS1. The molecule has 0 radical (unpaired) electrons. The number of sulfonamides is 1. The van der Waals surface area contributed by atoms with Gasteiger partial charge in [-0.1, -0.05) is 13.8 Å². The molecule has 1 saturated heterocycles. The molecule has 5 nitrogen and oxygen atoms in total. The Kier molecular flexibility index (Phi) is 3.51. The Balaban J connectivity index is 2.18. The zero-order chi connectivity index (χ0) is 12.5. The summed E-state index contributed by atoms with van der Waals surface area (Å²) in [6, 6.07) is 0. The van der Waals surface area contributed by atoms with Crippen molar-refractivity contribution in [3.63, 3.8) is 0 Å². The van der Waals surface area contributed by atoms with Gasteiger partial charge < -0.3 is 0 Å². The van der Waals surface area contributed by atoms with Crippen molar-refractivity contribution in [2.45, 2.75) is 29.9 Å². The molecule has 17 heavy (non-hydrogen) atoms. The van der Waals surface area contributed by atoms with Gasteiger partial charge >= 0.3 is 0 Å². The van der Waals surface area contributed by atoms with Gasteiger partial charge in [0, 0.05) is 29.8 Å². The molecule has 1 aromatic heterocycles. The monoisotopic (exact) mass is 275 g/mol. The number of nitrogens with zero attached hydrogens (tertiary/aromatic N) is 2. The van der Waals surface area contributed by atoms with Gasteiger partial charge in [-0.3, -0.25) is 5.10 Å². The van der Waals surface area contributed by atoms with E-state index in [0.717, 1.165) is 12.2 Å². The van der Waals surface area contributed by atoms with Crippen LogP contribution in [0.25, 0.3) is 0 Å². The number of aromatic amines is 1. The van der Waals surface area contributed by atoms with E-state index in [1.807, 2.05) is 11.8 Å². The number of H-pyrrole nitrogens is 1. The van der Waals surface area contributed by atoms with E-state index in [0.29, 0.717) is 13.1 Å². The molecule has 1 aliphatic rings. The zero-order valence-corrected chi connectivity index (χ0v) is 11.6. The largest absolute Gasteiger partial charge is 0.284 e. The van der Waals surface area contributed by atoms with Crippen molar-refractivity contribution in [3.05, 3.63) is 12.4 Å². The second-order valence-electron chi connectivity index (χ2n) is 4.70. The van der Waals surface area contributed by atoms with Crippen LogP contribution in [0.2, 0.25) is 0 Å². The fraction of sp³-hybridized carbons (Fsp3) is 0.700. The first-order chi connectivity index (χ1) is 7.92. The third kappa shape index (κ3) is 2.83. The van der Waals surface area contributed by atoms with E-state index < -0.39 is 10.0 Å². The van der Waals surface area contributed by atoms with E-state index in [1.54, 1.807) is 4.31 Å². The standard InChI is InChI=1S/C10H17N3O2S2/c1-10(2)3-4-13(5-6-16-10)17(14,15)9-7-11-12-8-9/h7-8H,3-6H2,1-2H3,(H,11,12). The Morgan fingerprint density at radius 2 is 2.24 bits per heavy atom. The summed E-state index contributed by atoms with van der Waals surface area (Å²) in [5.74, 6) is 0.837. The Labute approximate surface area is 106 Å². The summed E-state index contributed by atoms with van der Waals surface area (Å²) < 4.78 is 26.2. The molecule has 7 heteroatoms. The molecule has 0 saturated carbocycles. The van der Waals surface area contributed by atoms with Gasteiger partial charge in [-0.2, -0.15) is 21.2 Å². The summed E-state index contributed by atoms with van der Waals surface area (Å²) >= 11 is 1.83. The van der Waals surface area contributed by atoms with Gasteiger partial charge in [0.25, 0.3) is 0 Å². The lowest BCUT2D eigenvalue weighted by atomic mass is 10.1. The van der Waals surface area contributed by atoms with Crippen LogP contribution in [0, 0.1) is 0 Å². The zero-order valence-electron chi connectivity index (χ0n) is 10.0. The summed E-state index contributed by atoms with van der Waals surface area (Å²) in [5, 5.41) is 6.25. The molecule has 0 bridgehead atoms. The Morgan fingerprint density at radius 3 is 2.88 bits per heavy atom. The smallest absolute Gasteiger partial charge is 0.246 e. The quantitative estimate of drug-likeness (QED) is 0.884. The molecule has 0 aliphatic carbocycles. The van der Waals surface area contributed by atoms with Crippen molar-refractivity contribution in [1.82, 2.24) is 14.5 Å². The van der Waals surface area contributed by atoms with Crippen LogP contribution in [0.3, 0.4) is 0 Å². The predicted molar refractivity (Wildman–Crippen MR) is 68.5 cm³/mol. The van der Waals surface area contributed by atoms with E-state index in [-0.39, 0.29) is 9.64 Å². The average Bonchev–Trinajstić information content (AvgIpc) is 2.70. The molecule has 1 aromatic rings. The van der Waals surface area contributed by atoms with E-state index in [9.17, 15) is 8.42 Å². The summed E-state index contributed by atoms with van der Waals surface area (Å²) in [7, 11) is -3.37. The summed E-state index contributed by atoms with van der Waals surface area (Å²) in [6.07, 6.45) is 3.66. The number of aromatic nitrogens is 2. The van der Waals surface area contributed by atoms with E-state index in [4.69, 9.17) is 0 Å². The van der Waals surface area contributed by atoms with Crippen molar-refractivity contribution in [2.75, 3.05) is 18.8 Å². The first-order valence-electron chi connectivity index (χ1n) is 5.55. The molecule has 0 amide bonds. The minimum absolute atomic E-state index is 0.153. The fourth-order valence-corrected chi connectivity index (χ4v) is 4.34. The van der Waals surface area contributed by atoms with E-state index in [1.165, 1.54) is 12.4 Å². The third-order valence-electron chi connectivity index (χ3n) is 2.91. The van der Waals surface area contributed by atoms with Crippen molar-refractivity contribution in [2.24, 2.45) is 0 Å². The Morgan fingerprint density at radius 1 is 1.47 bits per heavy atom. The second kappa shape index (κ2) is 4.62.